The number of nitrogens with zero attached hydrogens (tertiary/aromatic N) is 3. The quantitative estimate of drug-likeness (QED) is 0.543. The van der Waals surface area contributed by atoms with E-state index in [4.69, 9.17) is 4.52 Å². The van der Waals surface area contributed by atoms with Gasteiger partial charge in [-0.2, -0.15) is 4.98 Å². The molecule has 0 amide bonds. The zero-order valence-electron chi connectivity index (χ0n) is 11.9. The highest BCUT2D eigenvalue weighted by atomic mass is 16.6. The standard InChI is InChI=1S/C16H13N3O3/c1-11-5-4-7-13(9-11)16-17-15(22-18-16)10-12-6-2-3-8-14(12)19(20)21/h2-9H,10H2,1H3. The summed E-state index contributed by atoms with van der Waals surface area (Å²) < 4.78 is 5.21. The molecule has 6 nitrogen and oxygen atoms in total. The Morgan fingerprint density at radius 3 is 2.77 bits per heavy atom. The molecule has 110 valence electrons. The molecule has 0 aliphatic rings. The van der Waals surface area contributed by atoms with Crippen molar-refractivity contribution in [2.24, 2.45) is 0 Å². The number of aromatic nitrogens is 2. The lowest BCUT2D eigenvalue weighted by Gasteiger charge is -1.98. The van der Waals surface area contributed by atoms with Crippen molar-refractivity contribution >= 4 is 5.69 Å². The van der Waals surface area contributed by atoms with Crippen LogP contribution in [0.4, 0.5) is 5.69 Å². The van der Waals surface area contributed by atoms with E-state index < -0.39 is 4.92 Å². The molecule has 22 heavy (non-hydrogen) atoms. The topological polar surface area (TPSA) is 82.1 Å². The van der Waals surface area contributed by atoms with E-state index in [2.05, 4.69) is 10.1 Å². The van der Waals surface area contributed by atoms with Crippen LogP contribution in [-0.2, 0) is 6.42 Å². The SMILES string of the molecule is Cc1cccc(-c2noc(Cc3ccccc3[N+](=O)[O-])n2)c1. The molecule has 0 unspecified atom stereocenters. The maximum absolute atomic E-state index is 11.0. The van der Waals surface area contributed by atoms with Gasteiger partial charge in [0.15, 0.2) is 0 Å². The lowest BCUT2D eigenvalue weighted by molar-refractivity contribution is -0.385. The summed E-state index contributed by atoms with van der Waals surface area (Å²) >= 11 is 0. The largest absolute Gasteiger partial charge is 0.339 e. The maximum Gasteiger partial charge on any atom is 0.273 e. The van der Waals surface area contributed by atoms with E-state index in [1.54, 1.807) is 18.2 Å². The smallest absolute Gasteiger partial charge is 0.273 e. The number of nitro groups is 1. The minimum absolute atomic E-state index is 0.0535. The second-order valence-corrected chi connectivity index (χ2v) is 4.94. The summed E-state index contributed by atoms with van der Waals surface area (Å²) in [5.41, 5.74) is 2.56. The molecule has 0 aliphatic heterocycles. The Morgan fingerprint density at radius 2 is 2.00 bits per heavy atom. The van der Waals surface area contributed by atoms with E-state index in [0.717, 1.165) is 11.1 Å². The lowest BCUT2D eigenvalue weighted by atomic mass is 10.1. The van der Waals surface area contributed by atoms with Crippen molar-refractivity contribution in [2.75, 3.05) is 0 Å². The van der Waals surface area contributed by atoms with Crippen molar-refractivity contribution in [3.05, 3.63) is 75.7 Å². The molecule has 0 N–H and O–H groups in total. The predicted octanol–water partition coefficient (Wildman–Crippen LogP) is 3.54. The Hall–Kier alpha value is -3.02. The highest BCUT2D eigenvalue weighted by molar-refractivity contribution is 5.55. The highest BCUT2D eigenvalue weighted by Crippen LogP contribution is 2.22. The molecule has 0 atom stereocenters. The molecule has 3 rings (SSSR count). The van der Waals surface area contributed by atoms with Crippen molar-refractivity contribution in [1.82, 2.24) is 10.1 Å². The molecule has 3 aromatic rings. The molecule has 0 spiro atoms. The average Bonchev–Trinajstić information content (AvgIpc) is 2.96. The van der Waals surface area contributed by atoms with Gasteiger partial charge < -0.3 is 4.52 Å². The van der Waals surface area contributed by atoms with Crippen LogP contribution in [0.25, 0.3) is 11.4 Å². The average molecular weight is 295 g/mol. The molecule has 0 saturated heterocycles. The van der Waals surface area contributed by atoms with Gasteiger partial charge in [0.05, 0.1) is 11.3 Å². The van der Waals surface area contributed by atoms with Crippen LogP contribution in [0.5, 0.6) is 0 Å². The maximum atomic E-state index is 11.0. The third kappa shape index (κ3) is 2.85. The first-order chi connectivity index (χ1) is 10.6. The minimum Gasteiger partial charge on any atom is -0.339 e. The van der Waals surface area contributed by atoms with Gasteiger partial charge in [-0.15, -0.1) is 0 Å². The summed E-state index contributed by atoms with van der Waals surface area (Å²) in [5, 5.41) is 15.0. The van der Waals surface area contributed by atoms with Crippen LogP contribution in [0.1, 0.15) is 17.0 Å². The number of aryl methyl sites for hydroxylation is 1. The van der Waals surface area contributed by atoms with Crippen LogP contribution < -0.4 is 0 Å². The summed E-state index contributed by atoms with van der Waals surface area (Å²) in [5.74, 6) is 0.836. The number of benzene rings is 2. The number of nitro benzene ring substituents is 1. The number of para-hydroxylation sites is 1. The summed E-state index contributed by atoms with van der Waals surface area (Å²) in [6, 6.07) is 14.3. The summed E-state index contributed by atoms with van der Waals surface area (Å²) in [4.78, 5) is 14.9. The zero-order chi connectivity index (χ0) is 15.5. The molecule has 0 fully saturated rings. The first-order valence-corrected chi connectivity index (χ1v) is 6.75. The third-order valence-corrected chi connectivity index (χ3v) is 3.27. The summed E-state index contributed by atoms with van der Waals surface area (Å²) in [7, 11) is 0. The van der Waals surface area contributed by atoms with E-state index in [-0.39, 0.29) is 12.1 Å². The lowest BCUT2D eigenvalue weighted by Crippen LogP contribution is -1.96. The van der Waals surface area contributed by atoms with Gasteiger partial charge in [-0.05, 0) is 13.0 Å². The Balaban J connectivity index is 1.88. The van der Waals surface area contributed by atoms with Crippen molar-refractivity contribution in [3.8, 4) is 11.4 Å². The number of hydrogen-bond donors (Lipinski definition) is 0. The van der Waals surface area contributed by atoms with Crippen LogP contribution in [0.3, 0.4) is 0 Å². The first-order valence-electron chi connectivity index (χ1n) is 6.75. The van der Waals surface area contributed by atoms with Gasteiger partial charge in [-0.1, -0.05) is 47.1 Å². The fourth-order valence-corrected chi connectivity index (χ4v) is 2.23. The Labute approximate surface area is 126 Å². The third-order valence-electron chi connectivity index (χ3n) is 3.27. The van der Waals surface area contributed by atoms with E-state index >= 15 is 0 Å². The first kappa shape index (κ1) is 13.9. The Bertz CT molecular complexity index is 827. The van der Waals surface area contributed by atoms with Crippen molar-refractivity contribution < 1.29 is 9.45 Å². The second-order valence-electron chi connectivity index (χ2n) is 4.94. The van der Waals surface area contributed by atoms with Crippen LogP contribution in [0.2, 0.25) is 0 Å². The molecule has 1 aromatic heterocycles. The second kappa shape index (κ2) is 5.77. The van der Waals surface area contributed by atoms with Crippen LogP contribution in [0, 0.1) is 17.0 Å². The van der Waals surface area contributed by atoms with Gasteiger partial charge in [0.1, 0.15) is 0 Å². The molecule has 0 saturated carbocycles. The Morgan fingerprint density at radius 1 is 1.18 bits per heavy atom. The van der Waals surface area contributed by atoms with E-state index in [9.17, 15) is 10.1 Å². The van der Waals surface area contributed by atoms with E-state index in [1.165, 1.54) is 6.07 Å². The number of hydrogen-bond acceptors (Lipinski definition) is 5. The van der Waals surface area contributed by atoms with Gasteiger partial charge in [-0.3, -0.25) is 10.1 Å². The molecule has 0 aliphatic carbocycles. The number of rotatable bonds is 4. The highest BCUT2D eigenvalue weighted by Gasteiger charge is 2.16. The Kier molecular flexibility index (Phi) is 3.65. The van der Waals surface area contributed by atoms with E-state index in [1.807, 2.05) is 31.2 Å². The molecule has 6 heteroatoms. The minimum atomic E-state index is -0.410. The van der Waals surface area contributed by atoms with Gasteiger partial charge >= 0.3 is 0 Å². The van der Waals surface area contributed by atoms with Crippen molar-refractivity contribution in [2.45, 2.75) is 13.3 Å². The summed E-state index contributed by atoms with van der Waals surface area (Å²) in [6.45, 7) is 1.98. The molecule has 0 bridgehead atoms. The van der Waals surface area contributed by atoms with Crippen LogP contribution in [-0.4, -0.2) is 15.1 Å². The molecular formula is C16H13N3O3. The van der Waals surface area contributed by atoms with Gasteiger partial charge in [-0.25, -0.2) is 0 Å². The van der Waals surface area contributed by atoms with Crippen molar-refractivity contribution in [3.63, 3.8) is 0 Å². The van der Waals surface area contributed by atoms with Crippen LogP contribution >= 0.6 is 0 Å². The molecule has 1 heterocycles. The monoisotopic (exact) mass is 295 g/mol. The normalized spacial score (nSPS) is 10.6. The predicted molar refractivity (Wildman–Crippen MR) is 80.4 cm³/mol. The molecular weight excluding hydrogens is 282 g/mol. The fraction of sp³-hybridized carbons (Fsp3) is 0.125. The molecule has 0 radical (unpaired) electrons. The summed E-state index contributed by atoms with van der Waals surface area (Å²) in [6.07, 6.45) is 0.232. The molecule has 2 aromatic carbocycles. The van der Waals surface area contributed by atoms with Crippen molar-refractivity contribution in [1.29, 1.82) is 0 Å². The fourth-order valence-electron chi connectivity index (χ4n) is 2.23. The van der Waals surface area contributed by atoms with Crippen LogP contribution in [0.15, 0.2) is 53.1 Å². The zero-order valence-corrected chi connectivity index (χ0v) is 11.9. The van der Waals surface area contributed by atoms with E-state index in [0.29, 0.717) is 17.3 Å². The van der Waals surface area contributed by atoms with Gasteiger partial charge in [0.25, 0.3) is 5.69 Å². The van der Waals surface area contributed by atoms with Gasteiger partial charge in [0.2, 0.25) is 11.7 Å². The van der Waals surface area contributed by atoms with Gasteiger partial charge in [0, 0.05) is 17.2 Å².